The van der Waals surface area contributed by atoms with Crippen LogP contribution >= 0.6 is 0 Å². The van der Waals surface area contributed by atoms with Crippen LogP contribution in [0.2, 0.25) is 0 Å². The van der Waals surface area contributed by atoms with Gasteiger partial charge in [-0.1, -0.05) is 47.7 Å². The van der Waals surface area contributed by atoms with Crippen molar-refractivity contribution >= 4 is 28.5 Å². The molecule has 9 heteroatoms. The summed E-state index contributed by atoms with van der Waals surface area (Å²) in [5, 5.41) is 11.4. The average molecular weight is 516 g/mol. The van der Waals surface area contributed by atoms with Gasteiger partial charge in [0.2, 0.25) is 11.8 Å². The molecular formula is C29H33N5O4. The van der Waals surface area contributed by atoms with Gasteiger partial charge in [0.25, 0.3) is 0 Å². The van der Waals surface area contributed by atoms with E-state index in [-0.39, 0.29) is 18.4 Å². The number of benzene rings is 3. The van der Waals surface area contributed by atoms with Crippen molar-refractivity contribution < 1.29 is 19.1 Å². The number of aryl methyl sites for hydroxylation is 1. The summed E-state index contributed by atoms with van der Waals surface area (Å²) < 4.78 is 12.8. The molecule has 0 saturated heterocycles. The lowest BCUT2D eigenvalue weighted by Gasteiger charge is -2.35. The van der Waals surface area contributed by atoms with E-state index in [4.69, 9.17) is 9.47 Å². The fourth-order valence-corrected chi connectivity index (χ4v) is 4.45. The van der Waals surface area contributed by atoms with E-state index >= 15 is 0 Å². The lowest BCUT2D eigenvalue weighted by molar-refractivity contribution is -0.128. The monoisotopic (exact) mass is 515 g/mol. The number of hydrogen-bond acceptors (Lipinski definition) is 6. The number of rotatable bonds is 8. The summed E-state index contributed by atoms with van der Waals surface area (Å²) in [6.07, 6.45) is 0. The Bertz CT molecular complexity index is 1460. The van der Waals surface area contributed by atoms with Crippen LogP contribution < -0.4 is 19.7 Å². The lowest BCUT2D eigenvalue weighted by Crippen LogP contribution is -2.50. The molecule has 0 unspecified atom stereocenters. The van der Waals surface area contributed by atoms with Crippen molar-refractivity contribution in [2.24, 2.45) is 0 Å². The Morgan fingerprint density at radius 3 is 2.37 bits per heavy atom. The van der Waals surface area contributed by atoms with E-state index in [1.165, 1.54) is 19.1 Å². The number of nitrogens with one attached hydrogen (secondary N) is 1. The normalized spacial score (nSPS) is 12.2. The van der Waals surface area contributed by atoms with Gasteiger partial charge in [-0.05, 0) is 57.5 Å². The number of hydrogen-bond donors (Lipinski definition) is 1. The van der Waals surface area contributed by atoms with E-state index in [2.05, 4.69) is 15.6 Å². The van der Waals surface area contributed by atoms with E-state index in [0.29, 0.717) is 28.3 Å². The van der Waals surface area contributed by atoms with Crippen LogP contribution in [0.15, 0.2) is 66.7 Å². The Morgan fingerprint density at radius 2 is 1.68 bits per heavy atom. The topological polar surface area (TPSA) is 98.6 Å². The Morgan fingerprint density at radius 1 is 0.974 bits per heavy atom. The van der Waals surface area contributed by atoms with Crippen LogP contribution in [0.3, 0.4) is 0 Å². The van der Waals surface area contributed by atoms with Crippen molar-refractivity contribution in [1.82, 2.24) is 20.3 Å². The molecule has 198 valence electrons. The zero-order valence-corrected chi connectivity index (χ0v) is 22.6. The quantitative estimate of drug-likeness (QED) is 0.372. The summed E-state index contributed by atoms with van der Waals surface area (Å²) in [7, 11) is 3.05. The summed E-state index contributed by atoms with van der Waals surface area (Å²) in [5.41, 5.74) is 2.78. The lowest BCUT2D eigenvalue weighted by atomic mass is 9.98. The van der Waals surface area contributed by atoms with Gasteiger partial charge in [-0.25, -0.2) is 4.68 Å². The molecule has 3 aromatic carbocycles. The molecule has 1 atom stereocenters. The third kappa shape index (κ3) is 5.46. The smallest absolute Gasteiger partial charge is 0.249 e. The number of carbonyl (C=O) groups excluding carboxylic acids is 2. The summed E-state index contributed by atoms with van der Waals surface area (Å²) in [6, 6.07) is 19.1. The van der Waals surface area contributed by atoms with Crippen molar-refractivity contribution in [2.75, 3.05) is 19.1 Å². The fraction of sp³-hybridized carbons (Fsp3) is 0.310. The molecule has 4 rings (SSSR count). The average Bonchev–Trinajstić information content (AvgIpc) is 3.28. The highest BCUT2D eigenvalue weighted by atomic mass is 16.5. The Labute approximate surface area is 222 Å². The molecule has 0 spiro atoms. The molecule has 0 aliphatic carbocycles. The zero-order valence-electron chi connectivity index (χ0n) is 22.6. The predicted octanol–water partition coefficient (Wildman–Crippen LogP) is 4.45. The minimum Gasteiger partial charge on any atom is -0.493 e. The molecule has 0 aliphatic rings. The van der Waals surface area contributed by atoms with Crippen LogP contribution in [-0.2, 0) is 16.1 Å². The largest absolute Gasteiger partial charge is 0.493 e. The van der Waals surface area contributed by atoms with E-state index in [0.717, 1.165) is 11.1 Å². The van der Waals surface area contributed by atoms with Crippen molar-refractivity contribution in [3.8, 4) is 11.5 Å². The number of methoxy groups -OCH3 is 2. The Hall–Kier alpha value is -4.40. The summed E-state index contributed by atoms with van der Waals surface area (Å²) in [4.78, 5) is 29.8. The summed E-state index contributed by atoms with van der Waals surface area (Å²) in [5.74, 6) is 0.137. The molecule has 1 heterocycles. The number of nitrogens with zero attached hydrogens (tertiary/aromatic N) is 4. The first-order valence-electron chi connectivity index (χ1n) is 12.3. The Kier molecular flexibility index (Phi) is 7.66. The van der Waals surface area contributed by atoms with Gasteiger partial charge in [-0.3, -0.25) is 14.5 Å². The molecule has 38 heavy (non-hydrogen) atoms. The van der Waals surface area contributed by atoms with Crippen LogP contribution in [0, 0.1) is 6.92 Å². The van der Waals surface area contributed by atoms with Gasteiger partial charge in [-0.2, -0.15) is 0 Å². The van der Waals surface area contributed by atoms with Crippen LogP contribution in [0.1, 0.15) is 37.9 Å². The van der Waals surface area contributed by atoms with Gasteiger partial charge in [0, 0.05) is 16.8 Å². The second-order valence-corrected chi connectivity index (χ2v) is 10.0. The van der Waals surface area contributed by atoms with Crippen LogP contribution in [0.5, 0.6) is 11.5 Å². The molecule has 2 amide bonds. The van der Waals surface area contributed by atoms with Crippen molar-refractivity contribution in [1.29, 1.82) is 0 Å². The molecule has 1 aromatic heterocycles. The fourth-order valence-electron chi connectivity index (χ4n) is 4.45. The summed E-state index contributed by atoms with van der Waals surface area (Å²) >= 11 is 0. The molecule has 0 saturated carbocycles. The molecule has 1 N–H and O–H groups in total. The minimum absolute atomic E-state index is 0.125. The number of ether oxygens (including phenoxy) is 2. The zero-order chi connectivity index (χ0) is 27.4. The SMILES string of the molecule is COc1cccc([C@H](C(=O)NC(C)(C)C)N(C(=O)Cn2nnc3ccccc32)c2ccccc2C)c1OC. The first-order valence-corrected chi connectivity index (χ1v) is 12.3. The van der Waals surface area contributed by atoms with Gasteiger partial charge in [-0.15, -0.1) is 5.10 Å². The molecule has 4 aromatic rings. The van der Waals surface area contributed by atoms with E-state index < -0.39 is 11.6 Å². The first kappa shape index (κ1) is 26.7. The van der Waals surface area contributed by atoms with Gasteiger partial charge in [0.1, 0.15) is 18.1 Å². The van der Waals surface area contributed by atoms with Crippen molar-refractivity contribution in [3.63, 3.8) is 0 Å². The van der Waals surface area contributed by atoms with Crippen LogP contribution in [-0.4, -0.2) is 46.6 Å². The van der Waals surface area contributed by atoms with Gasteiger partial charge in [0.15, 0.2) is 11.5 Å². The first-order chi connectivity index (χ1) is 18.1. The highest BCUT2D eigenvalue weighted by Gasteiger charge is 2.37. The third-order valence-corrected chi connectivity index (χ3v) is 6.08. The van der Waals surface area contributed by atoms with Crippen LogP contribution in [0.25, 0.3) is 11.0 Å². The van der Waals surface area contributed by atoms with Gasteiger partial charge >= 0.3 is 0 Å². The summed E-state index contributed by atoms with van der Waals surface area (Å²) in [6.45, 7) is 7.47. The van der Waals surface area contributed by atoms with E-state index in [9.17, 15) is 9.59 Å². The maximum Gasteiger partial charge on any atom is 0.249 e. The van der Waals surface area contributed by atoms with Gasteiger partial charge < -0.3 is 14.8 Å². The maximum absolute atomic E-state index is 14.2. The predicted molar refractivity (Wildman–Crippen MR) is 146 cm³/mol. The number of amides is 2. The van der Waals surface area contributed by atoms with Crippen molar-refractivity contribution in [2.45, 2.75) is 45.8 Å². The molecule has 0 bridgehead atoms. The highest BCUT2D eigenvalue weighted by Crippen LogP contribution is 2.40. The van der Waals surface area contributed by atoms with E-state index in [1.807, 2.05) is 76.2 Å². The number of anilines is 1. The van der Waals surface area contributed by atoms with Gasteiger partial charge in [0.05, 0.1) is 19.7 Å². The Balaban J connectivity index is 1.91. The number of aromatic nitrogens is 3. The molecule has 9 nitrogen and oxygen atoms in total. The third-order valence-electron chi connectivity index (χ3n) is 6.08. The molecular weight excluding hydrogens is 482 g/mol. The number of para-hydroxylation sites is 3. The minimum atomic E-state index is -1.07. The standard InChI is InChI=1S/C29H33N5O4/c1-19-12-7-9-15-22(19)34(25(35)18-33-23-16-10-8-14-21(23)31-32-33)26(28(36)30-29(2,3)4)20-13-11-17-24(37-5)27(20)38-6/h7-17,26H,18H2,1-6H3,(H,30,36)/t26-/m1/s1. The second kappa shape index (κ2) is 10.9. The highest BCUT2D eigenvalue weighted by molar-refractivity contribution is 6.02. The van der Waals surface area contributed by atoms with Crippen LogP contribution in [0.4, 0.5) is 5.69 Å². The number of carbonyl (C=O) groups is 2. The van der Waals surface area contributed by atoms with E-state index in [1.54, 1.807) is 22.9 Å². The molecule has 0 radical (unpaired) electrons. The number of fused-ring (bicyclic) bond motifs is 1. The maximum atomic E-state index is 14.2. The van der Waals surface area contributed by atoms with Crippen molar-refractivity contribution in [3.05, 3.63) is 77.9 Å². The molecule has 0 aliphatic heterocycles. The molecule has 0 fully saturated rings. The second-order valence-electron chi connectivity index (χ2n) is 10.0.